The van der Waals surface area contributed by atoms with E-state index in [1.54, 1.807) is 12.3 Å². The lowest BCUT2D eigenvalue weighted by molar-refractivity contribution is 0.552. The van der Waals surface area contributed by atoms with Gasteiger partial charge in [0.05, 0.1) is 10.6 Å². The zero-order chi connectivity index (χ0) is 9.26. The van der Waals surface area contributed by atoms with E-state index >= 15 is 0 Å². The Labute approximate surface area is 83.6 Å². The van der Waals surface area contributed by atoms with Crippen molar-refractivity contribution in [2.24, 2.45) is 0 Å². The third kappa shape index (κ3) is 1.61. The summed E-state index contributed by atoms with van der Waals surface area (Å²) in [6, 6.07) is 1.71. The molecule has 0 bridgehead atoms. The van der Waals surface area contributed by atoms with Gasteiger partial charge in [-0.05, 0) is 18.3 Å². The second kappa shape index (κ2) is 3.27. The van der Waals surface area contributed by atoms with E-state index in [1.165, 1.54) is 6.20 Å². The van der Waals surface area contributed by atoms with Crippen LogP contribution in [0.4, 0.5) is 0 Å². The first kappa shape index (κ1) is 8.40. The molecule has 2 aromatic heterocycles. The van der Waals surface area contributed by atoms with Crippen molar-refractivity contribution < 1.29 is 4.42 Å². The third-order valence-corrected chi connectivity index (χ3v) is 1.92. The molecule has 2 rings (SSSR count). The summed E-state index contributed by atoms with van der Waals surface area (Å²) in [7, 11) is 0. The van der Waals surface area contributed by atoms with Crippen molar-refractivity contribution in [1.29, 1.82) is 0 Å². The quantitative estimate of drug-likeness (QED) is 0.740. The van der Waals surface area contributed by atoms with Crippen molar-refractivity contribution >= 4 is 23.8 Å². The molecular weight excluding hydrogens is 210 g/mol. The fraction of sp³-hybridized carbons (Fsp3) is 0. The molecule has 0 amide bonds. The Morgan fingerprint density at radius 3 is 3.00 bits per heavy atom. The molecule has 0 atom stereocenters. The molecule has 0 aliphatic rings. The molecule has 0 saturated heterocycles. The van der Waals surface area contributed by atoms with E-state index in [0.29, 0.717) is 16.5 Å². The molecule has 6 heteroatoms. The van der Waals surface area contributed by atoms with Crippen molar-refractivity contribution in [2.75, 3.05) is 0 Å². The summed E-state index contributed by atoms with van der Waals surface area (Å²) in [4.78, 5) is 4.06. The molecule has 0 spiro atoms. The van der Waals surface area contributed by atoms with Crippen molar-refractivity contribution in [3.05, 3.63) is 28.3 Å². The highest BCUT2D eigenvalue weighted by Crippen LogP contribution is 2.24. The zero-order valence-electron chi connectivity index (χ0n) is 6.32. The molecule has 0 aliphatic carbocycles. The van der Waals surface area contributed by atoms with Crippen molar-refractivity contribution in [3.63, 3.8) is 0 Å². The smallest absolute Gasteiger partial charge is 0.284 e. The zero-order valence-corrected chi connectivity index (χ0v) is 7.89. The van der Waals surface area contributed by atoms with E-state index in [4.69, 9.17) is 28.2 Å². The molecule has 2 heterocycles. The van der Waals surface area contributed by atoms with Crippen molar-refractivity contribution in [2.45, 2.75) is 0 Å². The minimum absolute atomic E-state index is 0.225. The number of aromatic amines is 1. The van der Waals surface area contributed by atoms with Crippen LogP contribution in [-0.4, -0.2) is 15.2 Å². The van der Waals surface area contributed by atoms with Gasteiger partial charge < -0.3 is 4.42 Å². The van der Waals surface area contributed by atoms with E-state index in [2.05, 4.69) is 15.2 Å². The van der Waals surface area contributed by atoms with E-state index < -0.39 is 0 Å². The number of pyridine rings is 1. The molecule has 66 valence electrons. The maximum atomic E-state index is 5.86. The monoisotopic (exact) mass is 213 g/mol. The Bertz CT molecular complexity index is 478. The van der Waals surface area contributed by atoms with Crippen LogP contribution in [-0.2, 0) is 0 Å². The Balaban J connectivity index is 2.58. The SMILES string of the molecule is S=c1[nH]nc(-c2ccncc2Cl)o1. The average Bonchev–Trinajstić information content (AvgIpc) is 2.53. The van der Waals surface area contributed by atoms with Crippen molar-refractivity contribution in [3.8, 4) is 11.5 Å². The first-order valence-corrected chi connectivity index (χ1v) is 4.21. The summed E-state index contributed by atoms with van der Waals surface area (Å²) in [5, 5.41) is 6.83. The van der Waals surface area contributed by atoms with E-state index in [9.17, 15) is 0 Å². The number of hydrogen-bond acceptors (Lipinski definition) is 4. The van der Waals surface area contributed by atoms with Crippen LogP contribution in [0.25, 0.3) is 11.5 Å². The molecule has 0 fully saturated rings. The fourth-order valence-corrected chi connectivity index (χ4v) is 1.22. The Kier molecular flexibility index (Phi) is 2.12. The molecule has 1 N–H and O–H groups in total. The lowest BCUT2D eigenvalue weighted by Crippen LogP contribution is -1.80. The molecule has 2 aromatic rings. The van der Waals surface area contributed by atoms with Gasteiger partial charge >= 0.3 is 0 Å². The molecule has 0 saturated carbocycles. The van der Waals surface area contributed by atoms with Crippen LogP contribution < -0.4 is 0 Å². The summed E-state index contributed by atoms with van der Waals surface area (Å²) in [6.07, 6.45) is 3.12. The normalized spacial score (nSPS) is 10.2. The van der Waals surface area contributed by atoms with Crippen LogP contribution in [0.2, 0.25) is 5.02 Å². The summed E-state index contributed by atoms with van der Waals surface area (Å²) in [6.45, 7) is 0. The number of nitrogens with one attached hydrogen (secondary N) is 1. The Hall–Kier alpha value is -1.20. The summed E-state index contributed by atoms with van der Waals surface area (Å²) < 4.78 is 5.09. The standard InChI is InChI=1S/C7H4ClN3OS/c8-5-3-9-2-1-4(5)6-10-11-7(13)12-6/h1-3H,(H,11,13). The second-order valence-corrected chi connectivity index (χ2v) is 3.05. The second-order valence-electron chi connectivity index (χ2n) is 2.27. The fourth-order valence-electron chi connectivity index (χ4n) is 0.894. The van der Waals surface area contributed by atoms with E-state index in [-0.39, 0.29) is 4.84 Å². The predicted octanol–water partition coefficient (Wildman–Crippen LogP) is 2.45. The van der Waals surface area contributed by atoms with Gasteiger partial charge in [-0.25, -0.2) is 5.10 Å². The molecular formula is C7H4ClN3OS. The van der Waals surface area contributed by atoms with Gasteiger partial charge in [0, 0.05) is 12.4 Å². The van der Waals surface area contributed by atoms with Crippen LogP contribution in [0, 0.1) is 4.84 Å². The maximum absolute atomic E-state index is 5.86. The minimum Gasteiger partial charge on any atom is -0.409 e. The third-order valence-electron chi connectivity index (χ3n) is 1.44. The molecule has 0 aromatic carbocycles. The van der Waals surface area contributed by atoms with Crippen LogP contribution in [0.5, 0.6) is 0 Å². The predicted molar refractivity (Wildman–Crippen MR) is 49.9 cm³/mol. The van der Waals surface area contributed by atoms with Crippen molar-refractivity contribution in [1.82, 2.24) is 15.2 Å². The van der Waals surface area contributed by atoms with E-state index in [1.807, 2.05) is 0 Å². The van der Waals surface area contributed by atoms with Gasteiger partial charge in [0.25, 0.3) is 4.84 Å². The first-order valence-electron chi connectivity index (χ1n) is 3.43. The topological polar surface area (TPSA) is 54.7 Å². The van der Waals surface area contributed by atoms with E-state index in [0.717, 1.165) is 0 Å². The number of aromatic nitrogens is 3. The Morgan fingerprint density at radius 1 is 1.54 bits per heavy atom. The number of halogens is 1. The molecule has 0 aliphatic heterocycles. The largest absolute Gasteiger partial charge is 0.409 e. The lowest BCUT2D eigenvalue weighted by Gasteiger charge is -1.94. The first-order chi connectivity index (χ1) is 6.27. The lowest BCUT2D eigenvalue weighted by atomic mass is 10.3. The summed E-state index contributed by atoms with van der Waals surface area (Å²) >= 11 is 10.6. The highest BCUT2D eigenvalue weighted by Gasteiger charge is 2.07. The number of hydrogen-bond donors (Lipinski definition) is 1. The molecule has 13 heavy (non-hydrogen) atoms. The van der Waals surface area contributed by atoms with Gasteiger partial charge in [-0.3, -0.25) is 4.98 Å². The van der Waals surface area contributed by atoms with Crippen LogP contribution in [0.1, 0.15) is 0 Å². The van der Waals surface area contributed by atoms with Gasteiger partial charge in [0.15, 0.2) is 0 Å². The van der Waals surface area contributed by atoms with Gasteiger partial charge in [-0.1, -0.05) is 11.6 Å². The van der Waals surface area contributed by atoms with Crippen LogP contribution in [0.15, 0.2) is 22.9 Å². The average molecular weight is 214 g/mol. The highest BCUT2D eigenvalue weighted by molar-refractivity contribution is 7.71. The highest BCUT2D eigenvalue weighted by atomic mass is 35.5. The molecule has 0 radical (unpaired) electrons. The maximum Gasteiger partial charge on any atom is 0.284 e. The molecule has 4 nitrogen and oxygen atoms in total. The summed E-state index contributed by atoms with van der Waals surface area (Å²) in [5.74, 6) is 0.373. The minimum atomic E-state index is 0.225. The van der Waals surface area contributed by atoms with Gasteiger partial charge in [0.1, 0.15) is 0 Å². The van der Waals surface area contributed by atoms with Crippen LogP contribution >= 0.6 is 23.8 Å². The van der Waals surface area contributed by atoms with Gasteiger partial charge in [0.2, 0.25) is 5.89 Å². The Morgan fingerprint density at radius 2 is 2.38 bits per heavy atom. The summed E-state index contributed by atoms with van der Waals surface area (Å²) in [5.41, 5.74) is 0.670. The van der Waals surface area contributed by atoms with Gasteiger partial charge in [-0.15, -0.1) is 5.10 Å². The molecule has 0 unspecified atom stereocenters. The number of rotatable bonds is 1. The number of H-pyrrole nitrogens is 1. The number of nitrogens with zero attached hydrogens (tertiary/aromatic N) is 2. The van der Waals surface area contributed by atoms with Gasteiger partial charge in [-0.2, -0.15) is 0 Å². The van der Waals surface area contributed by atoms with Crippen LogP contribution in [0.3, 0.4) is 0 Å².